The summed E-state index contributed by atoms with van der Waals surface area (Å²) in [6, 6.07) is 2.06. The van der Waals surface area contributed by atoms with Gasteiger partial charge in [0.25, 0.3) is 0 Å². The molecule has 3 rings (SSSR count). The first-order chi connectivity index (χ1) is 15.8. The summed E-state index contributed by atoms with van der Waals surface area (Å²) < 4.78 is 10.6. The lowest BCUT2D eigenvalue weighted by molar-refractivity contribution is -0.121. The molecule has 1 atom stereocenters. The minimum Gasteiger partial charge on any atom is -0.481 e. The number of carbonyl (C=O) groups excluding carboxylic acids is 2. The lowest BCUT2D eigenvalue weighted by Gasteiger charge is -2.27. The number of nitrogens with zero attached hydrogens (tertiary/aromatic N) is 1. The van der Waals surface area contributed by atoms with Gasteiger partial charge in [0.15, 0.2) is 0 Å². The molecule has 33 heavy (non-hydrogen) atoms. The van der Waals surface area contributed by atoms with Crippen LogP contribution in [-0.2, 0) is 22.5 Å². The third-order valence-electron chi connectivity index (χ3n) is 6.82. The van der Waals surface area contributed by atoms with Crippen LogP contribution in [0.15, 0.2) is 6.07 Å². The van der Waals surface area contributed by atoms with Gasteiger partial charge in [0.1, 0.15) is 5.78 Å². The van der Waals surface area contributed by atoms with Gasteiger partial charge in [-0.05, 0) is 69.1 Å². The minimum atomic E-state index is -0.267. The number of ketones is 1. The lowest BCUT2D eigenvalue weighted by Crippen LogP contribution is -2.19. The first-order valence-electron chi connectivity index (χ1n) is 11.7. The van der Waals surface area contributed by atoms with Crippen molar-refractivity contribution in [3.63, 3.8) is 0 Å². The average Bonchev–Trinajstić information content (AvgIpc) is 3.12. The SMILES string of the molecule is COC(=O)c1c(CCNCc2c(C)cc(C)nc2OC)sc(C(C)C2CCC(=O)CC2)c1C. The molecule has 0 radical (unpaired) electrons. The summed E-state index contributed by atoms with van der Waals surface area (Å²) in [5.41, 5.74) is 4.89. The van der Waals surface area contributed by atoms with Crippen LogP contribution < -0.4 is 10.1 Å². The molecule has 1 saturated carbocycles. The summed E-state index contributed by atoms with van der Waals surface area (Å²) in [4.78, 5) is 31.1. The van der Waals surface area contributed by atoms with Crippen molar-refractivity contribution in [2.75, 3.05) is 20.8 Å². The maximum atomic E-state index is 12.6. The predicted octanol–water partition coefficient (Wildman–Crippen LogP) is 5.06. The highest BCUT2D eigenvalue weighted by atomic mass is 32.1. The molecule has 0 spiro atoms. The molecule has 0 aromatic carbocycles. The van der Waals surface area contributed by atoms with Crippen LogP contribution in [0.3, 0.4) is 0 Å². The van der Waals surface area contributed by atoms with E-state index in [1.165, 1.54) is 12.0 Å². The second kappa shape index (κ2) is 11.3. The van der Waals surface area contributed by atoms with E-state index >= 15 is 0 Å². The normalized spacial score (nSPS) is 15.5. The van der Waals surface area contributed by atoms with Crippen molar-refractivity contribution >= 4 is 23.1 Å². The fraction of sp³-hybridized carbons (Fsp3) is 0.577. The number of hydrogen-bond acceptors (Lipinski definition) is 7. The summed E-state index contributed by atoms with van der Waals surface area (Å²) in [5.74, 6) is 1.58. The molecular weight excluding hydrogens is 436 g/mol. The highest BCUT2D eigenvalue weighted by Gasteiger charge is 2.30. The van der Waals surface area contributed by atoms with Gasteiger partial charge in [0.05, 0.1) is 19.8 Å². The molecule has 1 unspecified atom stereocenters. The van der Waals surface area contributed by atoms with Crippen molar-refractivity contribution in [1.82, 2.24) is 10.3 Å². The zero-order valence-electron chi connectivity index (χ0n) is 20.7. The van der Waals surface area contributed by atoms with Gasteiger partial charge in [0, 0.05) is 46.9 Å². The Balaban J connectivity index is 1.73. The molecule has 0 saturated heterocycles. The van der Waals surface area contributed by atoms with Gasteiger partial charge in [-0.1, -0.05) is 6.92 Å². The zero-order valence-corrected chi connectivity index (χ0v) is 21.5. The number of hydrogen-bond donors (Lipinski definition) is 1. The third-order valence-corrected chi connectivity index (χ3v) is 8.37. The Morgan fingerprint density at radius 1 is 1.24 bits per heavy atom. The molecule has 0 aliphatic heterocycles. The largest absolute Gasteiger partial charge is 0.481 e. The van der Waals surface area contributed by atoms with Crippen LogP contribution in [0.4, 0.5) is 0 Å². The third kappa shape index (κ3) is 5.82. The topological polar surface area (TPSA) is 77.5 Å². The van der Waals surface area contributed by atoms with Gasteiger partial charge in [-0.25, -0.2) is 9.78 Å². The zero-order chi connectivity index (χ0) is 24.1. The van der Waals surface area contributed by atoms with Gasteiger partial charge in [-0.3, -0.25) is 4.79 Å². The van der Waals surface area contributed by atoms with E-state index in [4.69, 9.17) is 9.47 Å². The number of carbonyl (C=O) groups is 2. The maximum absolute atomic E-state index is 12.6. The van der Waals surface area contributed by atoms with E-state index < -0.39 is 0 Å². The van der Waals surface area contributed by atoms with E-state index in [9.17, 15) is 9.59 Å². The molecule has 1 N–H and O–H groups in total. The van der Waals surface area contributed by atoms with Crippen molar-refractivity contribution in [1.29, 1.82) is 0 Å². The van der Waals surface area contributed by atoms with Crippen LogP contribution in [0.25, 0.3) is 0 Å². The van der Waals surface area contributed by atoms with Gasteiger partial charge in [0.2, 0.25) is 5.88 Å². The molecule has 7 heteroatoms. The quantitative estimate of drug-likeness (QED) is 0.406. The monoisotopic (exact) mass is 472 g/mol. The Hall–Kier alpha value is -2.25. The fourth-order valence-electron chi connectivity index (χ4n) is 4.88. The summed E-state index contributed by atoms with van der Waals surface area (Å²) in [6.07, 6.45) is 3.97. The second-order valence-corrected chi connectivity index (χ2v) is 10.2. The van der Waals surface area contributed by atoms with Crippen molar-refractivity contribution < 1.29 is 19.1 Å². The van der Waals surface area contributed by atoms with Crippen LogP contribution in [0.5, 0.6) is 5.88 Å². The highest BCUT2D eigenvalue weighted by Crippen LogP contribution is 2.41. The number of aryl methyl sites for hydroxylation is 2. The Morgan fingerprint density at radius 2 is 1.94 bits per heavy atom. The van der Waals surface area contributed by atoms with E-state index in [-0.39, 0.29) is 5.97 Å². The van der Waals surface area contributed by atoms with E-state index in [0.717, 1.165) is 53.1 Å². The van der Waals surface area contributed by atoms with E-state index in [0.29, 0.717) is 48.4 Å². The maximum Gasteiger partial charge on any atom is 0.339 e. The summed E-state index contributed by atoms with van der Waals surface area (Å²) in [6.45, 7) is 9.68. The summed E-state index contributed by atoms with van der Waals surface area (Å²) in [5, 5.41) is 3.49. The first kappa shape index (κ1) is 25.4. The van der Waals surface area contributed by atoms with Crippen LogP contribution in [0.2, 0.25) is 0 Å². The Labute approximate surface area is 201 Å². The number of nitrogens with one attached hydrogen (secondary N) is 1. The minimum absolute atomic E-state index is 0.267. The lowest BCUT2D eigenvalue weighted by atomic mass is 9.79. The van der Waals surface area contributed by atoms with Gasteiger partial charge in [-0.2, -0.15) is 0 Å². The standard InChI is InChI=1S/C26H36N2O4S/c1-15-13-16(2)28-25(31-5)21(15)14-27-12-11-22-23(26(30)32-6)18(4)24(33-22)17(3)19-7-9-20(29)10-8-19/h13,17,19,27H,7-12,14H2,1-6H3. The number of rotatable bonds is 9. The fourth-order valence-corrected chi connectivity index (χ4v) is 6.32. The molecule has 1 aliphatic rings. The molecule has 2 aromatic heterocycles. The number of ether oxygens (including phenoxy) is 2. The smallest absolute Gasteiger partial charge is 0.339 e. The average molecular weight is 473 g/mol. The summed E-state index contributed by atoms with van der Waals surface area (Å²) >= 11 is 1.73. The number of Topliss-reactive ketones (excluding diaryl/α,β-unsaturated/α-hetero) is 1. The molecule has 2 aromatic rings. The molecule has 1 aliphatic carbocycles. The molecule has 6 nitrogen and oxygen atoms in total. The molecule has 0 bridgehead atoms. The van der Waals surface area contributed by atoms with E-state index in [2.05, 4.69) is 30.2 Å². The number of methoxy groups -OCH3 is 2. The van der Waals surface area contributed by atoms with Gasteiger partial charge < -0.3 is 14.8 Å². The van der Waals surface area contributed by atoms with Crippen molar-refractivity contribution in [2.45, 2.75) is 72.3 Å². The van der Waals surface area contributed by atoms with Crippen molar-refractivity contribution in [3.8, 4) is 5.88 Å². The molecule has 2 heterocycles. The van der Waals surface area contributed by atoms with Gasteiger partial charge in [-0.15, -0.1) is 11.3 Å². The number of aromatic nitrogens is 1. The number of thiophene rings is 1. The van der Waals surface area contributed by atoms with Crippen LogP contribution >= 0.6 is 11.3 Å². The Kier molecular flexibility index (Phi) is 8.65. The summed E-state index contributed by atoms with van der Waals surface area (Å²) in [7, 11) is 3.09. The van der Waals surface area contributed by atoms with Crippen LogP contribution in [0, 0.1) is 26.7 Å². The molecule has 180 valence electrons. The van der Waals surface area contributed by atoms with Crippen LogP contribution in [-0.4, -0.2) is 37.5 Å². The van der Waals surface area contributed by atoms with Crippen molar-refractivity contribution in [3.05, 3.63) is 43.8 Å². The molecule has 0 amide bonds. The van der Waals surface area contributed by atoms with E-state index in [1.54, 1.807) is 18.4 Å². The van der Waals surface area contributed by atoms with Crippen molar-refractivity contribution in [2.24, 2.45) is 5.92 Å². The van der Waals surface area contributed by atoms with E-state index in [1.807, 2.05) is 13.8 Å². The highest BCUT2D eigenvalue weighted by molar-refractivity contribution is 7.12. The Morgan fingerprint density at radius 3 is 2.58 bits per heavy atom. The van der Waals surface area contributed by atoms with Gasteiger partial charge >= 0.3 is 5.97 Å². The second-order valence-electron chi connectivity index (χ2n) is 9.04. The number of pyridine rings is 1. The predicted molar refractivity (Wildman–Crippen MR) is 131 cm³/mol. The number of esters is 1. The molecule has 1 fully saturated rings. The van der Waals surface area contributed by atoms with Crippen LogP contribution in [0.1, 0.15) is 81.0 Å². The molecular formula is C26H36N2O4S. The first-order valence-corrected chi connectivity index (χ1v) is 12.5. The Bertz CT molecular complexity index is 1000.